The molecular formula is C17H16N4O. The van der Waals surface area contributed by atoms with E-state index in [1.165, 1.54) is 0 Å². The molecule has 1 aromatic heterocycles. The zero-order valence-corrected chi connectivity index (χ0v) is 11.9. The Bertz CT molecular complexity index is 773. The first-order valence-corrected chi connectivity index (χ1v) is 6.93. The van der Waals surface area contributed by atoms with Crippen LogP contribution in [0, 0.1) is 0 Å². The zero-order valence-electron chi connectivity index (χ0n) is 11.9. The highest BCUT2D eigenvalue weighted by Crippen LogP contribution is 2.17. The van der Waals surface area contributed by atoms with Crippen LogP contribution in [0.15, 0.2) is 75.2 Å². The summed E-state index contributed by atoms with van der Waals surface area (Å²) in [5, 5.41) is 5.06. The van der Waals surface area contributed by atoms with Crippen molar-refractivity contribution in [1.82, 2.24) is 5.43 Å². The van der Waals surface area contributed by atoms with Crippen LogP contribution >= 0.6 is 0 Å². The lowest BCUT2D eigenvalue weighted by atomic mass is 10.2. The van der Waals surface area contributed by atoms with Crippen LogP contribution in [-0.4, -0.2) is 12.2 Å². The van der Waals surface area contributed by atoms with E-state index in [4.69, 9.17) is 10.2 Å². The molecule has 0 spiro atoms. The molecule has 3 aromatic rings. The second-order valence-corrected chi connectivity index (χ2v) is 4.74. The zero-order chi connectivity index (χ0) is 15.2. The van der Waals surface area contributed by atoms with Crippen LogP contribution in [0.25, 0.3) is 11.0 Å². The minimum Gasteiger partial charge on any atom is -0.455 e. The maximum absolute atomic E-state index is 5.76. The number of hydrazone groups is 1. The molecule has 0 fully saturated rings. The van der Waals surface area contributed by atoms with Gasteiger partial charge in [0.1, 0.15) is 11.3 Å². The molecule has 0 radical (unpaired) electrons. The van der Waals surface area contributed by atoms with Crippen LogP contribution in [0.3, 0.4) is 0 Å². The normalized spacial score (nSPS) is 12.1. The van der Waals surface area contributed by atoms with E-state index in [1.54, 1.807) is 6.21 Å². The van der Waals surface area contributed by atoms with E-state index < -0.39 is 0 Å². The summed E-state index contributed by atoms with van der Waals surface area (Å²) in [7, 11) is 0. The number of furan rings is 1. The van der Waals surface area contributed by atoms with E-state index in [-0.39, 0.29) is 5.96 Å². The highest BCUT2D eigenvalue weighted by molar-refractivity contribution is 5.87. The third-order valence-electron chi connectivity index (χ3n) is 3.09. The fraction of sp³-hybridized carbons (Fsp3) is 0.0588. The average Bonchev–Trinajstić information content (AvgIpc) is 2.96. The maximum atomic E-state index is 5.76. The Kier molecular flexibility index (Phi) is 4.15. The van der Waals surface area contributed by atoms with Gasteiger partial charge in [-0.15, -0.1) is 0 Å². The molecule has 0 saturated heterocycles. The minimum atomic E-state index is 0.260. The van der Waals surface area contributed by atoms with Crippen LogP contribution in [0.4, 0.5) is 0 Å². The molecule has 5 heteroatoms. The molecule has 0 aliphatic heterocycles. The number of hydrogen-bond acceptors (Lipinski definition) is 3. The predicted octanol–water partition coefficient (Wildman–Crippen LogP) is 2.87. The molecule has 2 aromatic carbocycles. The molecule has 0 bridgehead atoms. The molecular weight excluding hydrogens is 276 g/mol. The summed E-state index contributed by atoms with van der Waals surface area (Å²) >= 11 is 0. The van der Waals surface area contributed by atoms with E-state index in [0.717, 1.165) is 16.5 Å². The van der Waals surface area contributed by atoms with E-state index in [2.05, 4.69) is 15.5 Å². The molecule has 0 amide bonds. The molecule has 0 saturated carbocycles. The molecule has 0 aliphatic rings. The van der Waals surface area contributed by atoms with E-state index in [9.17, 15) is 0 Å². The Hall–Kier alpha value is -3.08. The van der Waals surface area contributed by atoms with Gasteiger partial charge in [0, 0.05) is 5.39 Å². The fourth-order valence-corrected chi connectivity index (χ4v) is 2.02. The number of nitrogens with two attached hydrogens (primary N) is 1. The molecule has 5 nitrogen and oxygen atoms in total. The Morgan fingerprint density at radius 3 is 2.68 bits per heavy atom. The third-order valence-corrected chi connectivity index (χ3v) is 3.09. The first kappa shape index (κ1) is 13.9. The van der Waals surface area contributed by atoms with Gasteiger partial charge in [-0.25, -0.2) is 10.4 Å². The van der Waals surface area contributed by atoms with Gasteiger partial charge in [-0.05, 0) is 17.7 Å². The Morgan fingerprint density at radius 1 is 1.09 bits per heavy atom. The molecule has 110 valence electrons. The third kappa shape index (κ3) is 3.52. The van der Waals surface area contributed by atoms with E-state index >= 15 is 0 Å². The Morgan fingerprint density at radius 2 is 1.86 bits per heavy atom. The highest BCUT2D eigenvalue weighted by Gasteiger charge is 1.99. The van der Waals surface area contributed by atoms with Gasteiger partial charge < -0.3 is 10.2 Å². The fourth-order valence-electron chi connectivity index (χ4n) is 2.02. The smallest absolute Gasteiger partial charge is 0.209 e. The van der Waals surface area contributed by atoms with E-state index in [0.29, 0.717) is 12.3 Å². The van der Waals surface area contributed by atoms with Crippen molar-refractivity contribution in [3.8, 4) is 0 Å². The molecule has 0 atom stereocenters. The van der Waals surface area contributed by atoms with Crippen molar-refractivity contribution in [3.63, 3.8) is 0 Å². The summed E-state index contributed by atoms with van der Waals surface area (Å²) in [5.74, 6) is 0.917. The van der Waals surface area contributed by atoms with Crippen molar-refractivity contribution in [2.24, 2.45) is 15.8 Å². The van der Waals surface area contributed by atoms with Gasteiger partial charge in [-0.2, -0.15) is 5.10 Å². The van der Waals surface area contributed by atoms with Crippen molar-refractivity contribution in [3.05, 3.63) is 72.0 Å². The number of para-hydroxylation sites is 1. The van der Waals surface area contributed by atoms with Gasteiger partial charge in [0.15, 0.2) is 0 Å². The maximum Gasteiger partial charge on any atom is 0.209 e. The monoisotopic (exact) mass is 292 g/mol. The number of hydrogen-bond donors (Lipinski definition) is 2. The molecule has 0 aliphatic carbocycles. The van der Waals surface area contributed by atoms with Gasteiger partial charge in [0.05, 0.1) is 12.8 Å². The quantitative estimate of drug-likeness (QED) is 0.441. The first-order valence-electron chi connectivity index (χ1n) is 6.93. The van der Waals surface area contributed by atoms with Crippen LogP contribution in [-0.2, 0) is 6.54 Å². The van der Waals surface area contributed by atoms with Crippen molar-refractivity contribution >= 4 is 23.1 Å². The lowest BCUT2D eigenvalue weighted by molar-refractivity contribution is 0.607. The Balaban J connectivity index is 1.59. The number of guanidine groups is 1. The number of nitrogens with one attached hydrogen (secondary N) is 1. The highest BCUT2D eigenvalue weighted by atomic mass is 16.3. The summed E-state index contributed by atoms with van der Waals surface area (Å²) < 4.78 is 5.61. The van der Waals surface area contributed by atoms with Gasteiger partial charge in [-0.1, -0.05) is 48.5 Å². The molecule has 3 N–H and O–H groups in total. The lowest BCUT2D eigenvalue weighted by Gasteiger charge is -1.99. The van der Waals surface area contributed by atoms with Crippen LogP contribution in [0.1, 0.15) is 11.3 Å². The second-order valence-electron chi connectivity index (χ2n) is 4.74. The number of rotatable bonds is 4. The molecule has 3 rings (SSSR count). The van der Waals surface area contributed by atoms with Crippen LogP contribution in [0.2, 0.25) is 0 Å². The number of fused-ring (bicyclic) bond motifs is 1. The van der Waals surface area contributed by atoms with Crippen molar-refractivity contribution in [1.29, 1.82) is 0 Å². The summed E-state index contributed by atoms with van der Waals surface area (Å²) in [6.07, 6.45) is 1.57. The predicted molar refractivity (Wildman–Crippen MR) is 88.7 cm³/mol. The van der Waals surface area contributed by atoms with Crippen molar-refractivity contribution in [2.75, 3.05) is 0 Å². The summed E-state index contributed by atoms with van der Waals surface area (Å²) in [6, 6.07) is 19.6. The first-order chi connectivity index (χ1) is 10.8. The SMILES string of the molecule is NC(=NCc1ccccc1)NN=Cc1cc2ccccc2o1. The second kappa shape index (κ2) is 6.58. The van der Waals surface area contributed by atoms with Gasteiger partial charge >= 0.3 is 0 Å². The minimum absolute atomic E-state index is 0.260. The summed E-state index contributed by atoms with van der Waals surface area (Å²) in [4.78, 5) is 4.21. The molecule has 0 unspecified atom stereocenters. The summed E-state index contributed by atoms with van der Waals surface area (Å²) in [6.45, 7) is 0.514. The number of nitrogens with zero attached hydrogens (tertiary/aromatic N) is 2. The molecule has 1 heterocycles. The van der Waals surface area contributed by atoms with Gasteiger partial charge in [0.25, 0.3) is 0 Å². The van der Waals surface area contributed by atoms with Crippen LogP contribution < -0.4 is 11.2 Å². The van der Waals surface area contributed by atoms with Crippen LogP contribution in [0.5, 0.6) is 0 Å². The average molecular weight is 292 g/mol. The topological polar surface area (TPSA) is 75.9 Å². The lowest BCUT2D eigenvalue weighted by Crippen LogP contribution is -2.27. The standard InChI is InChI=1S/C17H16N4O/c18-17(19-11-13-6-2-1-3-7-13)21-20-12-15-10-14-8-4-5-9-16(14)22-15/h1-10,12H,11H2,(H3,18,19,21). The van der Waals surface area contributed by atoms with Crippen molar-refractivity contribution < 1.29 is 4.42 Å². The van der Waals surface area contributed by atoms with E-state index in [1.807, 2.05) is 60.7 Å². The number of benzene rings is 2. The van der Waals surface area contributed by atoms with Gasteiger partial charge in [0.2, 0.25) is 5.96 Å². The van der Waals surface area contributed by atoms with Gasteiger partial charge in [-0.3, -0.25) is 0 Å². The Labute approximate surface area is 128 Å². The summed E-state index contributed by atoms with van der Waals surface area (Å²) in [5.41, 5.74) is 10.4. The largest absolute Gasteiger partial charge is 0.455 e. The van der Waals surface area contributed by atoms with Crippen molar-refractivity contribution in [2.45, 2.75) is 6.54 Å². The number of aliphatic imine (C=N–C) groups is 1. The molecule has 22 heavy (non-hydrogen) atoms.